The van der Waals surface area contributed by atoms with Crippen LogP contribution in [-0.2, 0) is 9.59 Å². The predicted molar refractivity (Wildman–Crippen MR) is 69.1 cm³/mol. The number of rotatable bonds is 8. The highest BCUT2D eigenvalue weighted by Gasteiger charge is 2.39. The van der Waals surface area contributed by atoms with E-state index in [1.54, 1.807) is 0 Å². The van der Waals surface area contributed by atoms with Crippen molar-refractivity contribution in [2.75, 3.05) is 13.1 Å². The smallest absolute Gasteiger partial charge is 0.303 e. The third-order valence-electron chi connectivity index (χ3n) is 3.79. The molecule has 0 bridgehead atoms. The van der Waals surface area contributed by atoms with Crippen LogP contribution < -0.4 is 11.1 Å². The largest absolute Gasteiger partial charge is 0.481 e. The number of unbranched alkanes of at least 4 members (excludes halogenated alkanes) is 2. The van der Waals surface area contributed by atoms with Crippen LogP contribution in [0.15, 0.2) is 0 Å². The van der Waals surface area contributed by atoms with Gasteiger partial charge < -0.3 is 16.2 Å². The Bertz CT molecular complexity index is 286. The monoisotopic (exact) mass is 256 g/mol. The molecule has 1 aliphatic rings. The first-order valence-electron chi connectivity index (χ1n) is 6.81. The van der Waals surface area contributed by atoms with Crippen LogP contribution in [0.1, 0.15) is 51.4 Å². The zero-order valence-corrected chi connectivity index (χ0v) is 10.9. The number of carbonyl (C=O) groups is 2. The summed E-state index contributed by atoms with van der Waals surface area (Å²) in [5, 5.41) is 11.4. The third-order valence-corrected chi connectivity index (χ3v) is 3.79. The van der Waals surface area contributed by atoms with Gasteiger partial charge in [-0.05, 0) is 25.7 Å². The van der Waals surface area contributed by atoms with E-state index in [2.05, 4.69) is 5.32 Å². The van der Waals surface area contributed by atoms with Crippen LogP contribution in [0.4, 0.5) is 0 Å². The van der Waals surface area contributed by atoms with Gasteiger partial charge in [-0.3, -0.25) is 9.59 Å². The molecule has 0 aromatic heterocycles. The van der Waals surface area contributed by atoms with Gasteiger partial charge in [0, 0.05) is 19.5 Å². The molecule has 5 heteroatoms. The normalized spacial score (nSPS) is 17.6. The molecular weight excluding hydrogens is 232 g/mol. The van der Waals surface area contributed by atoms with Crippen LogP contribution >= 0.6 is 0 Å². The van der Waals surface area contributed by atoms with Crippen LogP contribution in [0, 0.1) is 5.41 Å². The first-order valence-corrected chi connectivity index (χ1v) is 6.81. The summed E-state index contributed by atoms with van der Waals surface area (Å²) in [6, 6.07) is 0. The van der Waals surface area contributed by atoms with Crippen LogP contribution in [0.5, 0.6) is 0 Å². The van der Waals surface area contributed by atoms with E-state index in [4.69, 9.17) is 10.8 Å². The fourth-order valence-electron chi connectivity index (χ4n) is 2.54. The lowest BCUT2D eigenvalue weighted by Crippen LogP contribution is -2.44. The van der Waals surface area contributed by atoms with Gasteiger partial charge in [-0.25, -0.2) is 0 Å². The van der Waals surface area contributed by atoms with Crippen molar-refractivity contribution in [1.29, 1.82) is 0 Å². The number of nitrogens with two attached hydrogens (primary N) is 1. The molecule has 1 saturated carbocycles. The minimum Gasteiger partial charge on any atom is -0.481 e. The number of amides is 1. The van der Waals surface area contributed by atoms with Crippen molar-refractivity contribution in [3.63, 3.8) is 0 Å². The average Bonchev–Trinajstić information content (AvgIpc) is 2.83. The Kier molecular flexibility index (Phi) is 6.12. The molecule has 5 nitrogen and oxygen atoms in total. The maximum atomic E-state index is 12.1. The third kappa shape index (κ3) is 4.29. The molecule has 1 amide bonds. The van der Waals surface area contributed by atoms with Gasteiger partial charge >= 0.3 is 5.97 Å². The van der Waals surface area contributed by atoms with Gasteiger partial charge in [0.2, 0.25) is 5.91 Å². The fraction of sp³-hybridized carbons (Fsp3) is 0.846. The molecule has 0 atom stereocenters. The lowest BCUT2D eigenvalue weighted by atomic mass is 9.85. The summed E-state index contributed by atoms with van der Waals surface area (Å²) < 4.78 is 0. The SMILES string of the molecule is NCC1(C(=O)NCCCCCC(=O)O)CCCC1. The van der Waals surface area contributed by atoms with Crippen molar-refractivity contribution >= 4 is 11.9 Å². The van der Waals surface area contributed by atoms with Gasteiger partial charge in [0.15, 0.2) is 0 Å². The molecule has 1 aliphatic carbocycles. The molecule has 0 spiro atoms. The van der Waals surface area contributed by atoms with Crippen molar-refractivity contribution in [3.8, 4) is 0 Å². The van der Waals surface area contributed by atoms with Crippen LogP contribution in [-0.4, -0.2) is 30.1 Å². The Balaban J connectivity index is 2.15. The molecule has 0 unspecified atom stereocenters. The van der Waals surface area contributed by atoms with Crippen molar-refractivity contribution < 1.29 is 14.7 Å². The Morgan fingerprint density at radius 2 is 1.83 bits per heavy atom. The van der Waals surface area contributed by atoms with Crippen LogP contribution in [0.25, 0.3) is 0 Å². The maximum absolute atomic E-state index is 12.1. The second-order valence-corrected chi connectivity index (χ2v) is 5.15. The highest BCUT2D eigenvalue weighted by Crippen LogP contribution is 2.37. The summed E-state index contributed by atoms with van der Waals surface area (Å²) in [5.41, 5.74) is 5.40. The van der Waals surface area contributed by atoms with Gasteiger partial charge in [-0.15, -0.1) is 0 Å². The van der Waals surface area contributed by atoms with E-state index in [0.717, 1.165) is 38.5 Å². The van der Waals surface area contributed by atoms with E-state index < -0.39 is 5.97 Å². The first-order chi connectivity index (χ1) is 8.60. The Labute approximate surface area is 108 Å². The number of carboxylic acid groups (broad SMARTS) is 1. The van der Waals surface area contributed by atoms with Gasteiger partial charge in [-0.2, -0.15) is 0 Å². The number of nitrogens with one attached hydrogen (secondary N) is 1. The van der Waals surface area contributed by atoms with Crippen LogP contribution in [0.3, 0.4) is 0 Å². The number of aliphatic carboxylic acids is 1. The summed E-state index contributed by atoms with van der Waals surface area (Å²) >= 11 is 0. The summed E-state index contributed by atoms with van der Waals surface area (Å²) in [6.45, 7) is 1.05. The molecule has 0 heterocycles. The summed E-state index contributed by atoms with van der Waals surface area (Å²) in [4.78, 5) is 22.4. The van der Waals surface area contributed by atoms with Gasteiger partial charge in [-0.1, -0.05) is 19.3 Å². The molecular formula is C13H24N2O3. The topological polar surface area (TPSA) is 92.4 Å². The Hall–Kier alpha value is -1.10. The molecule has 0 aromatic carbocycles. The predicted octanol–water partition coefficient (Wildman–Crippen LogP) is 1.27. The minimum atomic E-state index is -0.757. The lowest BCUT2D eigenvalue weighted by Gasteiger charge is -2.25. The summed E-state index contributed by atoms with van der Waals surface area (Å²) in [7, 11) is 0. The molecule has 0 aliphatic heterocycles. The highest BCUT2D eigenvalue weighted by atomic mass is 16.4. The van der Waals surface area contributed by atoms with E-state index >= 15 is 0 Å². The van der Waals surface area contributed by atoms with E-state index in [1.165, 1.54) is 0 Å². The summed E-state index contributed by atoms with van der Waals surface area (Å²) in [5.74, 6) is -0.673. The fourth-order valence-corrected chi connectivity index (χ4v) is 2.54. The first kappa shape index (κ1) is 15.0. The minimum absolute atomic E-state index is 0.0840. The zero-order valence-electron chi connectivity index (χ0n) is 10.9. The van der Waals surface area contributed by atoms with Gasteiger partial charge in [0.05, 0.1) is 5.41 Å². The molecule has 0 saturated heterocycles. The van der Waals surface area contributed by atoms with Crippen molar-refractivity contribution in [2.24, 2.45) is 11.1 Å². The second-order valence-electron chi connectivity index (χ2n) is 5.15. The maximum Gasteiger partial charge on any atom is 0.303 e. The molecule has 1 fully saturated rings. The van der Waals surface area contributed by atoms with E-state index in [9.17, 15) is 9.59 Å². The van der Waals surface area contributed by atoms with Crippen molar-refractivity contribution in [2.45, 2.75) is 51.4 Å². The van der Waals surface area contributed by atoms with Gasteiger partial charge in [0.25, 0.3) is 0 Å². The highest BCUT2D eigenvalue weighted by molar-refractivity contribution is 5.83. The Morgan fingerprint density at radius 1 is 1.17 bits per heavy atom. The molecule has 18 heavy (non-hydrogen) atoms. The van der Waals surface area contributed by atoms with Crippen molar-refractivity contribution in [3.05, 3.63) is 0 Å². The average molecular weight is 256 g/mol. The van der Waals surface area contributed by atoms with E-state index in [-0.39, 0.29) is 17.7 Å². The summed E-state index contributed by atoms with van der Waals surface area (Å²) in [6.07, 6.45) is 6.52. The van der Waals surface area contributed by atoms with E-state index in [0.29, 0.717) is 19.5 Å². The van der Waals surface area contributed by atoms with Gasteiger partial charge in [0.1, 0.15) is 0 Å². The van der Waals surface area contributed by atoms with Crippen LogP contribution in [0.2, 0.25) is 0 Å². The van der Waals surface area contributed by atoms with E-state index in [1.807, 2.05) is 0 Å². The molecule has 104 valence electrons. The lowest BCUT2D eigenvalue weighted by molar-refractivity contribution is -0.137. The quantitative estimate of drug-likeness (QED) is 0.570. The zero-order chi connectivity index (χ0) is 13.4. The second kappa shape index (κ2) is 7.36. The molecule has 0 aromatic rings. The number of carbonyl (C=O) groups excluding carboxylic acids is 1. The molecule has 0 radical (unpaired) electrons. The molecule has 4 N–H and O–H groups in total. The van der Waals surface area contributed by atoms with Crippen molar-refractivity contribution in [1.82, 2.24) is 5.32 Å². The number of hydrogen-bond acceptors (Lipinski definition) is 3. The Morgan fingerprint density at radius 3 is 2.39 bits per heavy atom. The molecule has 1 rings (SSSR count). The number of carboxylic acids is 1. The standard InChI is InChI=1S/C13H24N2O3/c14-10-13(7-3-4-8-13)12(18)15-9-5-1-2-6-11(16)17/h1-10,14H2,(H,15,18)(H,16,17). The number of hydrogen-bond donors (Lipinski definition) is 3.